The number of hydrogen-bond donors (Lipinski definition) is 1. The van der Waals surface area contributed by atoms with E-state index in [-0.39, 0.29) is 36.5 Å². The Morgan fingerprint density at radius 2 is 2.19 bits per heavy atom. The zero-order chi connectivity index (χ0) is 18.9. The molecule has 1 N–H and O–H groups in total. The standard InChI is InChI=1S/C15H17ClF3N5O2/c1-26-8-23-7-10(6-20-23)21-11(25)4-5-24-13(9-2-3-9)12(16)14(22-24)15(17,18)19/h6-7,9H,2-5,8H2,1H3,(H,21,25). The van der Waals surface area contributed by atoms with E-state index in [1.165, 1.54) is 22.7 Å². The van der Waals surface area contributed by atoms with Crippen LogP contribution in [0.3, 0.4) is 0 Å². The van der Waals surface area contributed by atoms with Crippen LogP contribution in [0.15, 0.2) is 12.4 Å². The highest BCUT2D eigenvalue weighted by Gasteiger charge is 2.41. The number of carbonyl (C=O) groups is 1. The average molecular weight is 392 g/mol. The van der Waals surface area contributed by atoms with Gasteiger partial charge < -0.3 is 10.1 Å². The number of halogens is 4. The molecule has 3 rings (SSSR count). The van der Waals surface area contributed by atoms with Gasteiger partial charge >= 0.3 is 6.18 Å². The lowest BCUT2D eigenvalue weighted by molar-refractivity contribution is -0.141. The first-order valence-corrected chi connectivity index (χ1v) is 8.32. The fourth-order valence-electron chi connectivity index (χ4n) is 2.61. The first-order valence-electron chi connectivity index (χ1n) is 7.94. The molecule has 1 saturated carbocycles. The largest absolute Gasteiger partial charge is 0.436 e. The Balaban J connectivity index is 1.66. The third kappa shape index (κ3) is 4.18. The molecule has 0 aliphatic heterocycles. The molecule has 0 radical (unpaired) electrons. The van der Waals surface area contributed by atoms with E-state index in [4.69, 9.17) is 16.3 Å². The van der Waals surface area contributed by atoms with Crippen molar-refractivity contribution in [3.8, 4) is 0 Å². The van der Waals surface area contributed by atoms with Crippen molar-refractivity contribution in [3.63, 3.8) is 0 Å². The predicted octanol–water partition coefficient (Wildman–Crippen LogP) is 3.26. The van der Waals surface area contributed by atoms with Crippen LogP contribution < -0.4 is 5.32 Å². The van der Waals surface area contributed by atoms with Gasteiger partial charge in [-0.1, -0.05) is 11.6 Å². The lowest BCUT2D eigenvalue weighted by Crippen LogP contribution is -2.16. The predicted molar refractivity (Wildman–Crippen MR) is 86.7 cm³/mol. The van der Waals surface area contributed by atoms with Crippen molar-refractivity contribution >= 4 is 23.2 Å². The molecular weight excluding hydrogens is 375 g/mol. The topological polar surface area (TPSA) is 74.0 Å². The summed E-state index contributed by atoms with van der Waals surface area (Å²) in [5.74, 6) is -0.384. The number of alkyl halides is 3. The highest BCUT2D eigenvalue weighted by Crippen LogP contribution is 2.46. The number of nitrogens with one attached hydrogen (secondary N) is 1. The average Bonchev–Trinajstić information content (AvgIpc) is 3.19. The normalized spacial score (nSPS) is 14.7. The smallest absolute Gasteiger partial charge is 0.362 e. The first kappa shape index (κ1) is 18.7. The molecule has 0 spiro atoms. The molecule has 11 heteroatoms. The molecule has 2 aromatic heterocycles. The Bertz CT molecular complexity index is 798. The lowest BCUT2D eigenvalue weighted by atomic mass is 10.2. The van der Waals surface area contributed by atoms with Crippen molar-refractivity contribution in [2.75, 3.05) is 12.4 Å². The van der Waals surface area contributed by atoms with Gasteiger partial charge in [-0.3, -0.25) is 9.48 Å². The molecule has 1 aliphatic carbocycles. The van der Waals surface area contributed by atoms with E-state index in [2.05, 4.69) is 15.5 Å². The quantitative estimate of drug-likeness (QED) is 0.786. The molecule has 2 heterocycles. The van der Waals surface area contributed by atoms with Gasteiger partial charge in [0.25, 0.3) is 0 Å². The number of nitrogens with zero attached hydrogens (tertiary/aromatic N) is 4. The van der Waals surface area contributed by atoms with E-state index in [0.29, 0.717) is 11.4 Å². The second-order valence-corrected chi connectivity index (χ2v) is 6.41. The zero-order valence-electron chi connectivity index (χ0n) is 13.9. The molecule has 0 saturated heterocycles. The highest BCUT2D eigenvalue weighted by atomic mass is 35.5. The van der Waals surface area contributed by atoms with Crippen LogP contribution in [0.2, 0.25) is 5.02 Å². The van der Waals surface area contributed by atoms with Crippen molar-refractivity contribution in [2.24, 2.45) is 0 Å². The second kappa shape index (κ2) is 7.28. The number of carbonyl (C=O) groups excluding carboxylic acids is 1. The maximum atomic E-state index is 13.0. The van der Waals surface area contributed by atoms with Gasteiger partial charge in [0.05, 0.1) is 35.3 Å². The maximum Gasteiger partial charge on any atom is 0.436 e. The number of hydrogen-bond acceptors (Lipinski definition) is 4. The van der Waals surface area contributed by atoms with Crippen molar-refractivity contribution in [2.45, 2.75) is 44.6 Å². The van der Waals surface area contributed by atoms with Crippen LogP contribution in [0.1, 0.15) is 36.6 Å². The summed E-state index contributed by atoms with van der Waals surface area (Å²) in [5.41, 5.74) is -0.258. The third-order valence-electron chi connectivity index (χ3n) is 3.89. The number of ether oxygens (including phenoxy) is 1. The highest BCUT2D eigenvalue weighted by molar-refractivity contribution is 6.32. The molecule has 142 valence electrons. The number of rotatable bonds is 7. The van der Waals surface area contributed by atoms with Crippen molar-refractivity contribution < 1.29 is 22.7 Å². The number of methoxy groups -OCH3 is 1. The molecule has 0 aromatic carbocycles. The summed E-state index contributed by atoms with van der Waals surface area (Å²) in [6.07, 6.45) is -0.0710. The summed E-state index contributed by atoms with van der Waals surface area (Å²) < 4.78 is 46.7. The molecule has 1 fully saturated rings. The van der Waals surface area contributed by atoms with E-state index < -0.39 is 11.9 Å². The van der Waals surface area contributed by atoms with Crippen LogP contribution in [0.4, 0.5) is 18.9 Å². The van der Waals surface area contributed by atoms with Crippen LogP contribution in [0.25, 0.3) is 0 Å². The second-order valence-electron chi connectivity index (χ2n) is 6.03. The molecule has 1 aliphatic rings. The summed E-state index contributed by atoms with van der Waals surface area (Å²) in [6, 6.07) is 0. The molecule has 2 aromatic rings. The molecule has 26 heavy (non-hydrogen) atoms. The molecule has 0 unspecified atom stereocenters. The Hall–Kier alpha value is -2.07. The van der Waals surface area contributed by atoms with Gasteiger partial charge in [0.2, 0.25) is 5.91 Å². The van der Waals surface area contributed by atoms with E-state index in [9.17, 15) is 18.0 Å². The van der Waals surface area contributed by atoms with Gasteiger partial charge in [-0.2, -0.15) is 23.4 Å². The third-order valence-corrected chi connectivity index (χ3v) is 4.27. The number of amides is 1. The first-order chi connectivity index (χ1) is 12.3. The minimum atomic E-state index is -4.62. The van der Waals surface area contributed by atoms with Gasteiger partial charge in [0.15, 0.2) is 5.69 Å². The molecule has 7 nitrogen and oxygen atoms in total. The Morgan fingerprint density at radius 1 is 1.46 bits per heavy atom. The summed E-state index contributed by atoms with van der Waals surface area (Å²) in [6.45, 7) is 0.256. The monoisotopic (exact) mass is 391 g/mol. The van der Waals surface area contributed by atoms with Gasteiger partial charge in [-0.05, 0) is 12.8 Å². The van der Waals surface area contributed by atoms with Crippen LogP contribution in [0, 0.1) is 0 Å². The Kier molecular flexibility index (Phi) is 5.24. The van der Waals surface area contributed by atoms with Crippen molar-refractivity contribution in [1.29, 1.82) is 0 Å². The van der Waals surface area contributed by atoms with Gasteiger partial charge in [0.1, 0.15) is 6.73 Å². The summed E-state index contributed by atoms with van der Waals surface area (Å²) in [7, 11) is 1.52. The van der Waals surface area contributed by atoms with Crippen molar-refractivity contribution in [1.82, 2.24) is 19.6 Å². The Morgan fingerprint density at radius 3 is 2.81 bits per heavy atom. The lowest BCUT2D eigenvalue weighted by Gasteiger charge is -2.07. The van der Waals surface area contributed by atoms with E-state index in [1.807, 2.05) is 0 Å². The van der Waals surface area contributed by atoms with Crippen LogP contribution >= 0.6 is 11.6 Å². The SMILES string of the molecule is COCn1cc(NC(=O)CCn2nc(C(F)(F)F)c(Cl)c2C2CC2)cn1. The van der Waals surface area contributed by atoms with Crippen LogP contribution in [-0.2, 0) is 29.0 Å². The number of anilines is 1. The zero-order valence-corrected chi connectivity index (χ0v) is 14.6. The summed E-state index contributed by atoms with van der Waals surface area (Å²) in [4.78, 5) is 12.1. The van der Waals surface area contributed by atoms with Gasteiger partial charge in [0, 0.05) is 19.4 Å². The van der Waals surface area contributed by atoms with Crippen molar-refractivity contribution in [3.05, 3.63) is 28.8 Å². The summed E-state index contributed by atoms with van der Waals surface area (Å²) >= 11 is 5.90. The van der Waals surface area contributed by atoms with Crippen LogP contribution in [0.5, 0.6) is 0 Å². The molecule has 0 bridgehead atoms. The minimum Gasteiger partial charge on any atom is -0.362 e. The Labute approximate surface area is 152 Å². The van der Waals surface area contributed by atoms with Crippen LogP contribution in [-0.4, -0.2) is 32.6 Å². The fourth-order valence-corrected chi connectivity index (χ4v) is 3.01. The van der Waals surface area contributed by atoms with E-state index in [1.54, 1.807) is 6.20 Å². The summed E-state index contributed by atoms with van der Waals surface area (Å²) in [5, 5.41) is 9.85. The molecule has 1 amide bonds. The van der Waals surface area contributed by atoms with E-state index in [0.717, 1.165) is 12.8 Å². The van der Waals surface area contributed by atoms with E-state index >= 15 is 0 Å². The van der Waals surface area contributed by atoms with Gasteiger partial charge in [-0.15, -0.1) is 0 Å². The number of aromatic nitrogens is 4. The van der Waals surface area contributed by atoms with Gasteiger partial charge in [-0.25, -0.2) is 4.68 Å². The maximum absolute atomic E-state index is 13.0. The molecular formula is C15H17ClF3N5O2. The fraction of sp³-hybridized carbons (Fsp3) is 0.533. The minimum absolute atomic E-state index is 0.0136. The molecule has 0 atom stereocenters. The number of aryl methyl sites for hydroxylation is 1.